The maximum absolute atomic E-state index is 6.02. The minimum Gasteiger partial charge on any atom is -0.368 e. The zero-order valence-electron chi connectivity index (χ0n) is 10.8. The molecule has 1 aromatic carbocycles. The van der Waals surface area contributed by atoms with Gasteiger partial charge in [0.2, 0.25) is 5.95 Å². The molecule has 0 aliphatic heterocycles. The quantitative estimate of drug-likeness (QED) is 0.732. The van der Waals surface area contributed by atoms with Gasteiger partial charge in [0.05, 0.1) is 0 Å². The van der Waals surface area contributed by atoms with Gasteiger partial charge in [0.25, 0.3) is 5.78 Å². The summed E-state index contributed by atoms with van der Waals surface area (Å²) in [6.07, 6.45) is 1.88. The molecule has 0 atom stereocenters. The molecule has 102 valence electrons. The zero-order valence-corrected chi connectivity index (χ0v) is 12.4. The number of halogens is 1. The van der Waals surface area contributed by atoms with Gasteiger partial charge in [-0.25, -0.2) is 0 Å². The van der Waals surface area contributed by atoms with Crippen molar-refractivity contribution in [2.45, 2.75) is 12.1 Å². The fraction of sp³-hybridized carbons (Fsp3) is 0.167. The Bertz CT molecular complexity index is 800. The van der Waals surface area contributed by atoms with Crippen molar-refractivity contribution in [3.8, 4) is 11.4 Å². The number of thioether (sulfide) groups is 1. The number of anilines is 1. The number of rotatable bonds is 2. The summed E-state index contributed by atoms with van der Waals surface area (Å²) in [7, 11) is 0. The SMILES string of the molecule is CSc1nc(N)n2nc(-c3ccc(Cl)c(C)c3)nc2n1. The molecule has 8 heteroatoms. The number of aromatic nitrogens is 5. The van der Waals surface area contributed by atoms with Crippen molar-refractivity contribution in [3.63, 3.8) is 0 Å². The molecule has 0 bridgehead atoms. The zero-order chi connectivity index (χ0) is 14.3. The van der Waals surface area contributed by atoms with E-state index in [-0.39, 0.29) is 5.95 Å². The number of hydrogen-bond donors (Lipinski definition) is 1. The van der Waals surface area contributed by atoms with Crippen LogP contribution in [-0.4, -0.2) is 30.8 Å². The van der Waals surface area contributed by atoms with E-state index in [1.165, 1.54) is 16.3 Å². The first kappa shape index (κ1) is 13.1. The van der Waals surface area contributed by atoms with Crippen LogP contribution in [0, 0.1) is 6.92 Å². The highest BCUT2D eigenvalue weighted by Crippen LogP contribution is 2.23. The molecule has 20 heavy (non-hydrogen) atoms. The van der Waals surface area contributed by atoms with Gasteiger partial charge in [-0.15, -0.1) is 5.10 Å². The molecule has 0 aliphatic carbocycles. The molecule has 0 spiro atoms. The lowest BCUT2D eigenvalue weighted by atomic mass is 10.1. The number of nitrogens with two attached hydrogens (primary N) is 1. The predicted molar refractivity (Wildman–Crippen MR) is 80.0 cm³/mol. The van der Waals surface area contributed by atoms with Gasteiger partial charge in [0.15, 0.2) is 11.0 Å². The van der Waals surface area contributed by atoms with Gasteiger partial charge in [-0.05, 0) is 36.9 Å². The molecular weight excluding hydrogens is 296 g/mol. The molecule has 0 saturated carbocycles. The van der Waals surface area contributed by atoms with Crippen molar-refractivity contribution in [1.29, 1.82) is 0 Å². The van der Waals surface area contributed by atoms with Gasteiger partial charge in [0, 0.05) is 10.6 Å². The van der Waals surface area contributed by atoms with E-state index in [0.29, 0.717) is 21.8 Å². The normalized spacial score (nSPS) is 11.2. The number of nitrogen functional groups attached to an aromatic ring is 1. The second-order valence-electron chi connectivity index (χ2n) is 4.18. The van der Waals surface area contributed by atoms with Gasteiger partial charge in [-0.3, -0.25) is 0 Å². The van der Waals surface area contributed by atoms with Crippen molar-refractivity contribution >= 4 is 35.1 Å². The van der Waals surface area contributed by atoms with Crippen LogP contribution in [0.2, 0.25) is 5.02 Å². The van der Waals surface area contributed by atoms with Crippen molar-refractivity contribution < 1.29 is 0 Å². The molecule has 3 aromatic rings. The summed E-state index contributed by atoms with van der Waals surface area (Å²) < 4.78 is 1.43. The molecule has 0 aliphatic rings. The monoisotopic (exact) mass is 306 g/mol. The molecule has 0 unspecified atom stereocenters. The van der Waals surface area contributed by atoms with Crippen LogP contribution in [0.15, 0.2) is 23.4 Å². The first-order valence-corrected chi connectivity index (χ1v) is 7.39. The van der Waals surface area contributed by atoms with Crippen LogP contribution in [-0.2, 0) is 0 Å². The predicted octanol–water partition coefficient (Wildman–Crippen LogP) is 2.45. The molecular formula is C12H11ClN6S. The first-order chi connectivity index (χ1) is 9.58. The summed E-state index contributed by atoms with van der Waals surface area (Å²) in [6.45, 7) is 1.93. The Labute approximate surface area is 124 Å². The van der Waals surface area contributed by atoms with E-state index in [2.05, 4.69) is 20.1 Å². The van der Waals surface area contributed by atoms with E-state index >= 15 is 0 Å². The van der Waals surface area contributed by atoms with Crippen LogP contribution < -0.4 is 5.73 Å². The summed E-state index contributed by atoms with van der Waals surface area (Å²) in [5.41, 5.74) is 7.68. The Morgan fingerprint density at radius 2 is 2.05 bits per heavy atom. The molecule has 3 rings (SSSR count). The molecule has 0 fully saturated rings. The smallest absolute Gasteiger partial charge is 0.258 e. The van der Waals surface area contributed by atoms with Gasteiger partial charge < -0.3 is 5.73 Å². The van der Waals surface area contributed by atoms with Crippen LogP contribution >= 0.6 is 23.4 Å². The molecule has 2 heterocycles. The average Bonchev–Trinajstić information content (AvgIpc) is 2.86. The average molecular weight is 307 g/mol. The number of hydrogen-bond acceptors (Lipinski definition) is 6. The third kappa shape index (κ3) is 2.19. The largest absolute Gasteiger partial charge is 0.368 e. The number of aryl methyl sites for hydroxylation is 1. The molecule has 2 aromatic heterocycles. The first-order valence-electron chi connectivity index (χ1n) is 5.79. The summed E-state index contributed by atoms with van der Waals surface area (Å²) in [6, 6.07) is 5.61. The van der Waals surface area contributed by atoms with Crippen molar-refractivity contribution in [2.24, 2.45) is 0 Å². The minimum atomic E-state index is 0.267. The number of benzene rings is 1. The maximum atomic E-state index is 6.02. The van der Waals surface area contributed by atoms with Crippen LogP contribution in [0.1, 0.15) is 5.56 Å². The van der Waals surface area contributed by atoms with Gasteiger partial charge >= 0.3 is 0 Å². The lowest BCUT2D eigenvalue weighted by Crippen LogP contribution is -2.04. The van der Waals surface area contributed by atoms with Gasteiger partial charge in [-0.1, -0.05) is 23.4 Å². The van der Waals surface area contributed by atoms with Crippen LogP contribution in [0.25, 0.3) is 17.2 Å². The fourth-order valence-electron chi connectivity index (χ4n) is 1.78. The topological polar surface area (TPSA) is 82.0 Å². The summed E-state index contributed by atoms with van der Waals surface area (Å²) >= 11 is 7.43. The molecule has 0 saturated heterocycles. The fourth-order valence-corrected chi connectivity index (χ4v) is 2.26. The highest BCUT2D eigenvalue weighted by molar-refractivity contribution is 7.98. The van der Waals surface area contributed by atoms with E-state index in [1.54, 1.807) is 0 Å². The van der Waals surface area contributed by atoms with E-state index in [9.17, 15) is 0 Å². The lowest BCUT2D eigenvalue weighted by Gasteiger charge is -1.99. The van der Waals surface area contributed by atoms with E-state index in [4.69, 9.17) is 17.3 Å². The standard InChI is InChI=1S/C12H11ClN6S/c1-6-5-7(3-4-8(6)13)9-15-11-17-12(20-2)16-10(14)19(11)18-9/h3-5H,1-2H3,(H2,14,15,16,17,18). The summed E-state index contributed by atoms with van der Waals surface area (Å²) in [5.74, 6) is 1.25. The van der Waals surface area contributed by atoms with Gasteiger partial charge in [0.1, 0.15) is 0 Å². The Kier molecular flexibility index (Phi) is 3.23. The Morgan fingerprint density at radius 3 is 2.75 bits per heavy atom. The van der Waals surface area contributed by atoms with E-state index < -0.39 is 0 Å². The molecule has 2 N–H and O–H groups in total. The van der Waals surface area contributed by atoms with E-state index in [0.717, 1.165) is 11.1 Å². The second kappa shape index (κ2) is 4.92. The third-order valence-electron chi connectivity index (χ3n) is 2.81. The second-order valence-corrected chi connectivity index (χ2v) is 5.36. The highest BCUT2D eigenvalue weighted by Gasteiger charge is 2.12. The van der Waals surface area contributed by atoms with Crippen LogP contribution in [0.4, 0.5) is 5.95 Å². The number of fused-ring (bicyclic) bond motifs is 1. The lowest BCUT2D eigenvalue weighted by molar-refractivity contribution is 0.851. The maximum Gasteiger partial charge on any atom is 0.258 e. The Morgan fingerprint density at radius 1 is 1.25 bits per heavy atom. The van der Waals surface area contributed by atoms with E-state index in [1.807, 2.05) is 31.4 Å². The van der Waals surface area contributed by atoms with Crippen molar-refractivity contribution in [1.82, 2.24) is 24.6 Å². The van der Waals surface area contributed by atoms with Crippen molar-refractivity contribution in [2.75, 3.05) is 12.0 Å². The molecule has 0 radical (unpaired) electrons. The van der Waals surface area contributed by atoms with Gasteiger partial charge in [-0.2, -0.15) is 19.5 Å². The number of nitrogens with zero attached hydrogens (tertiary/aromatic N) is 5. The van der Waals surface area contributed by atoms with Crippen LogP contribution in [0.3, 0.4) is 0 Å². The Hall–Kier alpha value is -1.86. The highest BCUT2D eigenvalue weighted by atomic mass is 35.5. The van der Waals surface area contributed by atoms with Crippen molar-refractivity contribution in [3.05, 3.63) is 28.8 Å². The summed E-state index contributed by atoms with van der Waals surface area (Å²) in [5, 5.41) is 5.61. The Balaban J connectivity index is 2.17. The molecule has 0 amide bonds. The third-order valence-corrected chi connectivity index (χ3v) is 3.78. The van der Waals surface area contributed by atoms with Crippen LogP contribution in [0.5, 0.6) is 0 Å². The summed E-state index contributed by atoms with van der Waals surface area (Å²) in [4.78, 5) is 12.8. The molecule has 6 nitrogen and oxygen atoms in total. The minimum absolute atomic E-state index is 0.267.